The molecule has 28 heteroatoms. The lowest BCUT2D eigenvalue weighted by molar-refractivity contribution is -0.0390. The van der Waals surface area contributed by atoms with Gasteiger partial charge in [-0.3, -0.25) is 9.59 Å². The first-order valence-corrected chi connectivity index (χ1v) is 30.5. The van der Waals surface area contributed by atoms with Gasteiger partial charge in [0.05, 0.1) is 22.3 Å². The molecule has 8 aromatic rings. The highest BCUT2D eigenvalue weighted by molar-refractivity contribution is 5.97. The second kappa shape index (κ2) is 30.6. The van der Waals surface area contributed by atoms with Crippen molar-refractivity contribution in [3.63, 3.8) is 0 Å². The molecule has 1 saturated carbocycles. The van der Waals surface area contributed by atoms with E-state index in [4.69, 9.17) is 18.9 Å². The molecule has 6 atom stereocenters. The Hall–Kier alpha value is -12.6. The van der Waals surface area contributed by atoms with E-state index in [0.717, 1.165) is 78.1 Å². The SMILES string of the molecule is C.Cc1cc(C(=O)N[C@H]2CCCC[C@@H]2NC(=O)c2cc(O)c(O)c(O)c2)cc(O)c1O.Cc1cc(C(=O)O[C@@H]2Cc3ccc(O)cc3C[C@@H]2OC(=O)c2cc(O)c(O)c(O)c2)cc(O)c1O.Cc1cc(C(=O)O[C@@H]2Cc3ccccc3C[C@@H]2OC(=O)c2cc(O)c(O)c(O)c2)cc(O)c1O. The van der Waals surface area contributed by atoms with Crippen LogP contribution in [0, 0.1) is 20.8 Å². The van der Waals surface area contributed by atoms with Gasteiger partial charge in [0.15, 0.2) is 86.2 Å². The van der Waals surface area contributed by atoms with E-state index in [1.807, 2.05) is 24.3 Å². The molecule has 0 bridgehead atoms. The summed E-state index contributed by atoms with van der Waals surface area (Å²) >= 11 is 0. The normalized spacial score (nSPS) is 17.2. The molecule has 0 heterocycles. The van der Waals surface area contributed by atoms with Gasteiger partial charge in [-0.25, -0.2) is 19.2 Å². The topological polar surface area (TPSA) is 487 Å². The smallest absolute Gasteiger partial charge is 0.338 e. The van der Waals surface area contributed by atoms with Crippen molar-refractivity contribution in [3.8, 4) is 92.0 Å². The van der Waals surface area contributed by atoms with Crippen molar-refractivity contribution in [2.45, 2.75) is 116 Å². The van der Waals surface area contributed by atoms with E-state index < -0.39 is 123 Å². The summed E-state index contributed by atoms with van der Waals surface area (Å²) in [6.45, 7) is 4.59. The molecular weight excluding hydrogens is 1310 g/mol. The highest BCUT2D eigenvalue weighted by Gasteiger charge is 2.38. The van der Waals surface area contributed by atoms with Crippen LogP contribution in [0.4, 0.5) is 0 Å². The van der Waals surface area contributed by atoms with Gasteiger partial charge >= 0.3 is 23.9 Å². The number of benzene rings is 8. The monoisotopic (exact) mass is 1380 g/mol. The molecule has 0 aliphatic heterocycles. The molecule has 0 spiro atoms. The maximum atomic E-state index is 12.8. The molecule has 2 amide bonds. The third kappa shape index (κ3) is 16.8. The van der Waals surface area contributed by atoms with Crippen molar-refractivity contribution < 1.29 is 129 Å². The second-order valence-corrected chi connectivity index (χ2v) is 23.8. The quantitative estimate of drug-likeness (QED) is 0.0309. The fourth-order valence-electron chi connectivity index (χ4n) is 11.5. The minimum Gasteiger partial charge on any atom is -0.508 e. The molecule has 18 N–H and O–H groups in total. The van der Waals surface area contributed by atoms with Crippen molar-refractivity contribution >= 4 is 35.7 Å². The van der Waals surface area contributed by atoms with Crippen LogP contribution in [0.25, 0.3) is 0 Å². The van der Waals surface area contributed by atoms with E-state index in [-0.39, 0.29) is 118 Å². The third-order valence-corrected chi connectivity index (χ3v) is 16.8. The Morgan fingerprint density at radius 2 is 0.570 bits per heavy atom. The molecule has 0 radical (unpaired) electrons. The Balaban J connectivity index is 0.000000191. The zero-order chi connectivity index (χ0) is 72.0. The van der Waals surface area contributed by atoms with Gasteiger partial charge in [-0.2, -0.15) is 0 Å². The Bertz CT molecular complexity index is 4170. The first-order valence-electron chi connectivity index (χ1n) is 30.5. The number of aromatic hydroxyl groups is 16. The number of aryl methyl sites for hydroxylation is 3. The number of hydrogen-bond acceptors (Lipinski definition) is 26. The number of phenolic OH excluding ortho intramolecular Hbond substituents is 16. The number of amides is 2. The zero-order valence-electron chi connectivity index (χ0n) is 52.8. The summed E-state index contributed by atoms with van der Waals surface area (Å²) < 4.78 is 22.4. The van der Waals surface area contributed by atoms with Crippen LogP contribution in [0.3, 0.4) is 0 Å². The average molecular weight is 1380 g/mol. The molecule has 0 aromatic heterocycles. The fourth-order valence-corrected chi connectivity index (χ4v) is 11.5. The lowest BCUT2D eigenvalue weighted by atomic mass is 9.87. The van der Waals surface area contributed by atoms with Crippen LogP contribution in [0.15, 0.2) is 115 Å². The predicted octanol–water partition coefficient (Wildman–Crippen LogP) is 8.48. The Morgan fingerprint density at radius 3 is 0.880 bits per heavy atom. The van der Waals surface area contributed by atoms with Crippen LogP contribution in [-0.4, -0.2) is 154 Å². The molecule has 100 heavy (non-hydrogen) atoms. The molecule has 3 aliphatic rings. The molecule has 3 aliphatic carbocycles. The number of carbonyl (C=O) groups is 6. The predicted molar refractivity (Wildman–Crippen MR) is 352 cm³/mol. The average Bonchev–Trinajstić information content (AvgIpc) is 0.785. The number of phenols is 16. The minimum absolute atomic E-state index is 0. The number of ether oxygens (including phenoxy) is 4. The Labute approximate surface area is 569 Å². The molecular formula is C72H72N2O26. The fraction of sp³-hybridized carbons (Fsp3) is 0.250. The maximum Gasteiger partial charge on any atom is 0.338 e. The van der Waals surface area contributed by atoms with Crippen LogP contribution in [0.2, 0.25) is 0 Å². The molecule has 0 unspecified atom stereocenters. The maximum absolute atomic E-state index is 12.8. The van der Waals surface area contributed by atoms with E-state index in [0.29, 0.717) is 24.0 Å². The van der Waals surface area contributed by atoms with Gasteiger partial charge in [0.2, 0.25) is 0 Å². The largest absolute Gasteiger partial charge is 0.508 e. The van der Waals surface area contributed by atoms with Gasteiger partial charge in [-0.1, -0.05) is 50.6 Å². The first kappa shape index (κ1) is 73.2. The molecule has 11 rings (SSSR count). The highest BCUT2D eigenvalue weighted by Crippen LogP contribution is 2.41. The second-order valence-electron chi connectivity index (χ2n) is 23.8. The van der Waals surface area contributed by atoms with Gasteiger partial charge < -0.3 is 111 Å². The van der Waals surface area contributed by atoms with E-state index in [9.17, 15) is 110 Å². The van der Waals surface area contributed by atoms with Gasteiger partial charge in [0.25, 0.3) is 11.8 Å². The zero-order valence-corrected chi connectivity index (χ0v) is 52.8. The number of hydrogen-bond donors (Lipinski definition) is 18. The molecule has 8 aromatic carbocycles. The summed E-state index contributed by atoms with van der Waals surface area (Å²) in [6.07, 6.45) is -0.0377. The van der Waals surface area contributed by atoms with E-state index in [1.165, 1.54) is 50.2 Å². The van der Waals surface area contributed by atoms with Crippen molar-refractivity contribution in [1.82, 2.24) is 10.6 Å². The summed E-state index contributed by atoms with van der Waals surface area (Å²) in [4.78, 5) is 76.4. The van der Waals surface area contributed by atoms with Crippen molar-refractivity contribution in [2.24, 2.45) is 0 Å². The summed E-state index contributed by atoms with van der Waals surface area (Å²) in [6, 6.07) is 24.6. The lowest BCUT2D eigenvalue weighted by Crippen LogP contribution is -2.53. The van der Waals surface area contributed by atoms with Gasteiger partial charge in [0.1, 0.15) is 30.2 Å². The number of rotatable bonds is 12. The van der Waals surface area contributed by atoms with Crippen LogP contribution in [-0.2, 0) is 44.6 Å². The van der Waals surface area contributed by atoms with Crippen molar-refractivity contribution in [3.05, 3.63) is 188 Å². The third-order valence-electron chi connectivity index (χ3n) is 16.8. The summed E-state index contributed by atoms with van der Waals surface area (Å²) in [7, 11) is 0. The number of carbonyl (C=O) groups excluding carboxylic acids is 6. The van der Waals surface area contributed by atoms with Crippen molar-refractivity contribution in [1.29, 1.82) is 0 Å². The standard InChI is InChI=1S/C25H22O10.C25H22O9.C21H24N2O7.CH4/c1-11-4-14(6-17(27)22(11)30)24(32)34-20-9-12-2-3-16(26)5-13(12)10-21(20)35-25(33)15-7-18(28)23(31)19(29)8-15;1-12-6-15(7-17(26)22(12)29)24(31)33-20-10-13-4-2-3-5-14(13)11-21(20)34-25(32)16-8-18(27)23(30)19(28)9-16;1-10-6-11(7-15(24)18(10)27)20(29)22-13-4-2-3-5-14(13)23-21(30)12-8-16(25)19(28)17(26)9-12;/h2-8,20-21,26-31H,9-10H2,1H3;2-9,20-21,26-30H,10-11H2,1H3;6-9,13-14,24-28H,2-5H2,1H3,(H,22,29)(H,23,30);1H4/t2*20-,21+;13-,14-;/m110./s1. The number of fused-ring (bicyclic) bond motifs is 2. The number of esters is 4. The minimum atomic E-state index is -1.01. The van der Waals surface area contributed by atoms with Crippen LogP contribution in [0.1, 0.15) is 134 Å². The molecule has 1 fully saturated rings. The summed E-state index contributed by atoms with van der Waals surface area (Å²) in [5, 5.41) is 161. The molecule has 526 valence electrons. The van der Waals surface area contributed by atoms with Gasteiger partial charge in [0, 0.05) is 48.9 Å². The van der Waals surface area contributed by atoms with E-state index >= 15 is 0 Å². The van der Waals surface area contributed by atoms with Gasteiger partial charge in [-0.05, 0) is 157 Å². The van der Waals surface area contributed by atoms with Crippen molar-refractivity contribution in [2.75, 3.05) is 0 Å². The van der Waals surface area contributed by atoms with E-state index in [2.05, 4.69) is 10.6 Å². The summed E-state index contributed by atoms with van der Waals surface area (Å²) in [5.41, 5.74) is 3.87. The van der Waals surface area contributed by atoms with Crippen LogP contribution < -0.4 is 10.6 Å². The lowest BCUT2D eigenvalue weighted by Gasteiger charge is -2.33. The van der Waals surface area contributed by atoms with Gasteiger partial charge in [-0.15, -0.1) is 0 Å². The van der Waals surface area contributed by atoms with Crippen LogP contribution in [0.5, 0.6) is 92.0 Å². The Kier molecular flexibility index (Phi) is 22.4. The highest BCUT2D eigenvalue weighted by atomic mass is 16.6. The van der Waals surface area contributed by atoms with Crippen LogP contribution >= 0.6 is 0 Å². The first-order chi connectivity index (χ1) is 46.8. The number of nitrogens with one attached hydrogen (secondary N) is 2. The van der Waals surface area contributed by atoms with E-state index in [1.54, 1.807) is 13.0 Å². The molecule has 0 saturated heterocycles. The Morgan fingerprint density at radius 1 is 0.320 bits per heavy atom. The molecule has 28 nitrogen and oxygen atoms in total. The summed E-state index contributed by atoms with van der Waals surface area (Å²) in [5.74, 6) is -13.1.